The standard InChI is InChI=1S/C16H18N6O3S3/c1-21(15(26)12-6-4-3-5-7-12)19-14(23)11-28(24,25)20-22(2)16(27)13-10-17-8-9-18-13/h3-10,20H,11H2,1-2H3,(H,19,23). The number of nitrogens with one attached hydrogen (secondary N) is 2. The minimum absolute atomic E-state index is 0.111. The topological polar surface area (TPSA) is 108 Å². The second-order valence-electron chi connectivity index (χ2n) is 5.57. The first kappa shape index (κ1) is 21.8. The number of carbonyl (C=O) groups excluding carboxylic acids is 1. The summed E-state index contributed by atoms with van der Waals surface area (Å²) in [5.41, 5.74) is 3.47. The van der Waals surface area contributed by atoms with Gasteiger partial charge in [-0.3, -0.25) is 30.2 Å². The number of aromatic nitrogens is 2. The number of hydrogen-bond acceptors (Lipinski definition) is 7. The van der Waals surface area contributed by atoms with Crippen LogP contribution in [0.1, 0.15) is 11.3 Å². The number of hydrogen-bond donors (Lipinski definition) is 2. The molecule has 0 aliphatic rings. The van der Waals surface area contributed by atoms with Gasteiger partial charge in [-0.1, -0.05) is 54.8 Å². The van der Waals surface area contributed by atoms with E-state index >= 15 is 0 Å². The summed E-state index contributed by atoms with van der Waals surface area (Å²) in [7, 11) is -1.07. The van der Waals surface area contributed by atoms with Gasteiger partial charge >= 0.3 is 0 Å². The van der Waals surface area contributed by atoms with Gasteiger partial charge in [-0.2, -0.15) is 0 Å². The zero-order chi connectivity index (χ0) is 20.7. The van der Waals surface area contributed by atoms with Crippen LogP contribution in [0.15, 0.2) is 48.9 Å². The fraction of sp³-hybridized carbons (Fsp3) is 0.188. The summed E-state index contributed by atoms with van der Waals surface area (Å²) in [4.78, 5) is 22.7. The molecular weight excluding hydrogens is 420 g/mol. The molecule has 0 radical (unpaired) electrons. The Labute approximate surface area is 173 Å². The van der Waals surface area contributed by atoms with Gasteiger partial charge in [-0.15, -0.1) is 4.83 Å². The van der Waals surface area contributed by atoms with E-state index in [0.29, 0.717) is 10.7 Å². The number of hydrazine groups is 2. The lowest BCUT2D eigenvalue weighted by molar-refractivity contribution is -0.121. The van der Waals surface area contributed by atoms with Crippen LogP contribution in [0.2, 0.25) is 0 Å². The fourth-order valence-corrected chi connectivity index (χ4v) is 3.45. The van der Waals surface area contributed by atoms with E-state index in [4.69, 9.17) is 24.4 Å². The number of nitrogens with zero attached hydrogens (tertiary/aromatic N) is 4. The Bertz CT molecular complexity index is 954. The third-order valence-corrected chi connectivity index (χ3v) is 5.49. The average Bonchev–Trinajstić information content (AvgIpc) is 2.67. The molecule has 1 amide bonds. The molecule has 0 aliphatic heterocycles. The van der Waals surface area contributed by atoms with Crippen molar-refractivity contribution in [2.45, 2.75) is 0 Å². The summed E-state index contributed by atoms with van der Waals surface area (Å²) in [6, 6.07) is 9.02. The molecule has 0 bridgehead atoms. The molecule has 1 heterocycles. The van der Waals surface area contributed by atoms with E-state index in [2.05, 4.69) is 20.2 Å². The lowest BCUT2D eigenvalue weighted by atomic mass is 10.2. The highest BCUT2D eigenvalue weighted by molar-refractivity contribution is 7.90. The molecule has 2 aromatic rings. The summed E-state index contributed by atoms with van der Waals surface area (Å²) in [5.74, 6) is -1.57. The van der Waals surface area contributed by atoms with E-state index in [9.17, 15) is 13.2 Å². The lowest BCUT2D eigenvalue weighted by Gasteiger charge is -2.22. The van der Waals surface area contributed by atoms with Crippen molar-refractivity contribution in [3.63, 3.8) is 0 Å². The van der Waals surface area contributed by atoms with Gasteiger partial charge in [0.15, 0.2) is 0 Å². The molecule has 1 aromatic heterocycles. The Hall–Kier alpha value is -2.54. The van der Waals surface area contributed by atoms with Crippen LogP contribution < -0.4 is 10.3 Å². The summed E-state index contributed by atoms with van der Waals surface area (Å²) in [6.07, 6.45) is 4.30. The number of amides is 1. The first-order valence-electron chi connectivity index (χ1n) is 7.86. The number of rotatable bonds is 6. The third-order valence-electron chi connectivity index (χ3n) is 3.30. The number of carbonyl (C=O) groups is 1. The fourth-order valence-electron chi connectivity index (χ4n) is 2.08. The van der Waals surface area contributed by atoms with E-state index in [1.807, 2.05) is 18.2 Å². The van der Waals surface area contributed by atoms with Crippen molar-refractivity contribution >= 4 is 50.3 Å². The number of benzene rings is 1. The minimum Gasteiger partial charge on any atom is -0.286 e. The van der Waals surface area contributed by atoms with Crippen LogP contribution in [0, 0.1) is 0 Å². The van der Waals surface area contributed by atoms with Gasteiger partial charge in [-0.05, 0) is 0 Å². The van der Waals surface area contributed by atoms with Crippen LogP contribution in [0.3, 0.4) is 0 Å². The van der Waals surface area contributed by atoms with Gasteiger partial charge < -0.3 is 0 Å². The Morgan fingerprint density at radius 3 is 2.36 bits per heavy atom. The van der Waals surface area contributed by atoms with E-state index in [-0.39, 0.29) is 4.99 Å². The zero-order valence-corrected chi connectivity index (χ0v) is 17.5. The van der Waals surface area contributed by atoms with Crippen molar-refractivity contribution in [2.24, 2.45) is 0 Å². The molecule has 0 saturated heterocycles. The van der Waals surface area contributed by atoms with Crippen molar-refractivity contribution in [1.29, 1.82) is 0 Å². The third kappa shape index (κ3) is 6.27. The first-order chi connectivity index (χ1) is 13.2. The monoisotopic (exact) mass is 438 g/mol. The molecule has 2 N–H and O–H groups in total. The van der Waals surface area contributed by atoms with E-state index in [0.717, 1.165) is 10.6 Å². The summed E-state index contributed by atoms with van der Waals surface area (Å²) < 4.78 is 24.5. The Kier molecular flexibility index (Phi) is 7.45. The smallest absolute Gasteiger partial charge is 0.255 e. The lowest BCUT2D eigenvalue weighted by Crippen LogP contribution is -2.49. The quantitative estimate of drug-likeness (QED) is 0.485. The highest BCUT2D eigenvalue weighted by atomic mass is 32.2. The van der Waals surface area contributed by atoms with Gasteiger partial charge in [0.1, 0.15) is 21.4 Å². The Morgan fingerprint density at radius 1 is 1.07 bits per heavy atom. The predicted octanol–water partition coefficient (Wildman–Crippen LogP) is 0.257. The first-order valence-corrected chi connectivity index (χ1v) is 10.3. The molecule has 0 fully saturated rings. The molecule has 0 aliphatic carbocycles. The van der Waals surface area contributed by atoms with Gasteiger partial charge in [0.25, 0.3) is 5.91 Å². The molecule has 0 unspecified atom stereocenters. The molecule has 9 nitrogen and oxygen atoms in total. The largest absolute Gasteiger partial charge is 0.286 e. The SMILES string of the molecule is CN(NC(=O)CS(=O)(=O)NN(C)C(=S)c1cnccn1)C(=S)c1ccccc1. The summed E-state index contributed by atoms with van der Waals surface area (Å²) in [6.45, 7) is 0. The maximum Gasteiger partial charge on any atom is 0.255 e. The predicted molar refractivity (Wildman–Crippen MR) is 112 cm³/mol. The van der Waals surface area contributed by atoms with E-state index < -0.39 is 21.7 Å². The Balaban J connectivity index is 1.93. The summed E-state index contributed by atoms with van der Waals surface area (Å²) >= 11 is 10.4. The Morgan fingerprint density at radius 2 is 1.75 bits per heavy atom. The van der Waals surface area contributed by atoms with Crippen LogP contribution in [-0.2, 0) is 14.8 Å². The summed E-state index contributed by atoms with van der Waals surface area (Å²) in [5, 5.41) is 2.37. The van der Waals surface area contributed by atoms with Crippen molar-refractivity contribution < 1.29 is 13.2 Å². The van der Waals surface area contributed by atoms with Crippen LogP contribution in [0.4, 0.5) is 0 Å². The molecular formula is C16H18N6O3S3. The van der Waals surface area contributed by atoms with E-state index in [1.165, 1.54) is 37.7 Å². The van der Waals surface area contributed by atoms with Crippen LogP contribution in [-0.4, -0.2) is 64.1 Å². The highest BCUT2D eigenvalue weighted by Crippen LogP contribution is 2.03. The molecule has 148 valence electrons. The molecule has 28 heavy (non-hydrogen) atoms. The van der Waals surface area contributed by atoms with Crippen molar-refractivity contribution in [3.05, 3.63) is 60.2 Å². The number of sulfonamides is 1. The molecule has 0 atom stereocenters. The van der Waals surface area contributed by atoms with Gasteiger partial charge in [0, 0.05) is 32.1 Å². The molecule has 12 heteroatoms. The minimum atomic E-state index is -4.01. The van der Waals surface area contributed by atoms with Gasteiger partial charge in [0.2, 0.25) is 10.0 Å². The van der Waals surface area contributed by atoms with Crippen LogP contribution >= 0.6 is 24.4 Å². The van der Waals surface area contributed by atoms with Crippen molar-refractivity contribution in [2.75, 3.05) is 19.8 Å². The maximum atomic E-state index is 12.2. The van der Waals surface area contributed by atoms with Crippen LogP contribution in [0.25, 0.3) is 0 Å². The molecule has 0 saturated carbocycles. The van der Waals surface area contributed by atoms with Crippen LogP contribution in [0.5, 0.6) is 0 Å². The second-order valence-corrected chi connectivity index (χ2v) is 8.04. The van der Waals surface area contributed by atoms with Crippen molar-refractivity contribution in [3.8, 4) is 0 Å². The molecule has 1 aromatic carbocycles. The van der Waals surface area contributed by atoms with Gasteiger partial charge in [0.05, 0.1) is 6.20 Å². The second kappa shape index (κ2) is 9.59. The maximum absolute atomic E-state index is 12.2. The van der Waals surface area contributed by atoms with E-state index in [1.54, 1.807) is 12.1 Å². The molecule has 0 spiro atoms. The normalized spacial score (nSPS) is 10.8. The van der Waals surface area contributed by atoms with Crippen molar-refractivity contribution in [1.82, 2.24) is 30.2 Å². The highest BCUT2D eigenvalue weighted by Gasteiger charge is 2.22. The average molecular weight is 439 g/mol. The number of thiocarbonyl (C=S) groups is 2. The molecule has 2 rings (SSSR count). The van der Waals surface area contributed by atoms with Gasteiger partial charge in [-0.25, -0.2) is 8.42 Å². The zero-order valence-electron chi connectivity index (χ0n) is 15.1.